The molecule has 1 N–H and O–H groups in total. The SMILES string of the molecule is OC(Cc1ccsc1)c1ccoc1Br. The van der Waals surface area contributed by atoms with Crippen molar-refractivity contribution >= 4 is 27.3 Å². The summed E-state index contributed by atoms with van der Waals surface area (Å²) in [7, 11) is 0. The van der Waals surface area contributed by atoms with Crippen LogP contribution < -0.4 is 0 Å². The van der Waals surface area contributed by atoms with Gasteiger partial charge in [0.2, 0.25) is 0 Å². The number of hydrogen-bond acceptors (Lipinski definition) is 3. The Balaban J connectivity index is 2.10. The van der Waals surface area contributed by atoms with E-state index >= 15 is 0 Å². The van der Waals surface area contributed by atoms with Crippen LogP contribution in [-0.4, -0.2) is 5.11 Å². The maximum absolute atomic E-state index is 9.88. The summed E-state index contributed by atoms with van der Waals surface area (Å²) in [4.78, 5) is 0. The fourth-order valence-corrected chi connectivity index (χ4v) is 2.47. The molecule has 14 heavy (non-hydrogen) atoms. The van der Waals surface area contributed by atoms with Crippen molar-refractivity contribution in [2.24, 2.45) is 0 Å². The largest absolute Gasteiger partial charge is 0.457 e. The highest BCUT2D eigenvalue weighted by Gasteiger charge is 2.14. The summed E-state index contributed by atoms with van der Waals surface area (Å²) in [6, 6.07) is 3.79. The first kappa shape index (κ1) is 9.96. The Kier molecular flexibility index (Phi) is 3.05. The summed E-state index contributed by atoms with van der Waals surface area (Å²) in [5, 5.41) is 13.9. The van der Waals surface area contributed by atoms with Crippen LogP contribution in [0, 0.1) is 0 Å². The Labute approximate surface area is 94.3 Å². The Hall–Kier alpha value is -0.580. The zero-order valence-electron chi connectivity index (χ0n) is 7.31. The predicted octanol–water partition coefficient (Wildman–Crippen LogP) is 3.38. The molecule has 2 rings (SSSR count). The lowest BCUT2D eigenvalue weighted by atomic mass is 10.1. The Morgan fingerprint density at radius 3 is 2.93 bits per heavy atom. The molecular weight excluding hydrogens is 264 g/mol. The minimum Gasteiger partial charge on any atom is -0.457 e. The van der Waals surface area contributed by atoms with E-state index < -0.39 is 6.10 Å². The van der Waals surface area contributed by atoms with Gasteiger partial charge in [0.15, 0.2) is 4.67 Å². The van der Waals surface area contributed by atoms with Crippen LogP contribution >= 0.6 is 27.3 Å². The molecule has 0 saturated carbocycles. The predicted molar refractivity (Wildman–Crippen MR) is 59.4 cm³/mol. The van der Waals surface area contributed by atoms with Crippen molar-refractivity contribution in [2.75, 3.05) is 0 Å². The van der Waals surface area contributed by atoms with Crippen molar-refractivity contribution in [1.29, 1.82) is 0 Å². The Bertz CT molecular complexity index is 394. The van der Waals surface area contributed by atoms with Crippen molar-refractivity contribution in [3.8, 4) is 0 Å². The summed E-state index contributed by atoms with van der Waals surface area (Å²) in [6.45, 7) is 0. The molecule has 0 bridgehead atoms. The molecule has 0 aliphatic carbocycles. The molecule has 2 heterocycles. The highest BCUT2D eigenvalue weighted by molar-refractivity contribution is 9.10. The number of rotatable bonds is 3. The maximum atomic E-state index is 9.88. The maximum Gasteiger partial charge on any atom is 0.174 e. The molecule has 0 amide bonds. The summed E-state index contributed by atoms with van der Waals surface area (Å²) in [6.07, 6.45) is 1.69. The summed E-state index contributed by atoms with van der Waals surface area (Å²) < 4.78 is 5.68. The lowest BCUT2D eigenvalue weighted by Gasteiger charge is -2.06. The van der Waals surface area contributed by atoms with Crippen LogP contribution in [0.3, 0.4) is 0 Å². The van der Waals surface area contributed by atoms with Crippen molar-refractivity contribution in [2.45, 2.75) is 12.5 Å². The number of aliphatic hydroxyl groups excluding tert-OH is 1. The van der Waals surface area contributed by atoms with E-state index in [9.17, 15) is 5.11 Å². The van der Waals surface area contributed by atoms with Crippen LogP contribution in [-0.2, 0) is 6.42 Å². The molecule has 2 nitrogen and oxygen atoms in total. The van der Waals surface area contributed by atoms with E-state index in [2.05, 4.69) is 15.9 Å². The van der Waals surface area contributed by atoms with Gasteiger partial charge in [-0.3, -0.25) is 0 Å². The fraction of sp³-hybridized carbons (Fsp3) is 0.200. The molecule has 1 atom stereocenters. The summed E-state index contributed by atoms with van der Waals surface area (Å²) in [5.74, 6) is 0. The van der Waals surface area contributed by atoms with E-state index in [4.69, 9.17) is 4.42 Å². The second-order valence-corrected chi connectivity index (χ2v) is 4.50. The van der Waals surface area contributed by atoms with E-state index in [0.717, 1.165) is 11.1 Å². The van der Waals surface area contributed by atoms with E-state index in [1.807, 2.05) is 16.8 Å². The molecule has 74 valence electrons. The van der Waals surface area contributed by atoms with Gasteiger partial charge < -0.3 is 9.52 Å². The second-order valence-electron chi connectivity index (χ2n) is 3.00. The molecule has 0 aliphatic heterocycles. The molecule has 0 aliphatic rings. The van der Waals surface area contributed by atoms with Crippen molar-refractivity contribution in [3.63, 3.8) is 0 Å². The number of aliphatic hydroxyl groups is 1. The van der Waals surface area contributed by atoms with Gasteiger partial charge in [-0.1, -0.05) is 0 Å². The molecule has 4 heteroatoms. The fourth-order valence-electron chi connectivity index (χ4n) is 1.28. The number of halogens is 1. The van der Waals surface area contributed by atoms with Gasteiger partial charge in [0.1, 0.15) is 0 Å². The smallest absolute Gasteiger partial charge is 0.174 e. The quantitative estimate of drug-likeness (QED) is 0.930. The Morgan fingerprint density at radius 2 is 2.36 bits per heavy atom. The Morgan fingerprint density at radius 1 is 1.50 bits per heavy atom. The van der Waals surface area contributed by atoms with Gasteiger partial charge in [-0.2, -0.15) is 11.3 Å². The first-order valence-electron chi connectivity index (χ1n) is 4.19. The molecule has 0 aromatic carbocycles. The van der Waals surface area contributed by atoms with Crippen LogP contribution in [0.1, 0.15) is 17.2 Å². The topological polar surface area (TPSA) is 33.4 Å². The van der Waals surface area contributed by atoms with Crippen LogP contribution in [0.15, 0.2) is 38.2 Å². The van der Waals surface area contributed by atoms with E-state index in [1.54, 1.807) is 23.7 Å². The zero-order valence-corrected chi connectivity index (χ0v) is 9.72. The first-order chi connectivity index (χ1) is 6.77. The highest BCUT2D eigenvalue weighted by Crippen LogP contribution is 2.27. The number of furan rings is 1. The van der Waals surface area contributed by atoms with Gasteiger partial charge in [-0.15, -0.1) is 0 Å². The van der Waals surface area contributed by atoms with Crippen molar-refractivity contribution < 1.29 is 9.52 Å². The van der Waals surface area contributed by atoms with Crippen LogP contribution in [0.4, 0.5) is 0 Å². The average molecular weight is 273 g/mol. The van der Waals surface area contributed by atoms with Crippen molar-refractivity contribution in [1.82, 2.24) is 0 Å². The summed E-state index contributed by atoms with van der Waals surface area (Å²) >= 11 is 4.88. The molecule has 0 fully saturated rings. The van der Waals surface area contributed by atoms with Crippen LogP contribution in [0.2, 0.25) is 0 Å². The molecule has 0 radical (unpaired) electrons. The minimum atomic E-state index is -0.502. The van der Waals surface area contributed by atoms with Gasteiger partial charge in [-0.05, 0) is 44.4 Å². The third kappa shape index (κ3) is 2.08. The minimum absolute atomic E-state index is 0.502. The van der Waals surface area contributed by atoms with Gasteiger partial charge in [-0.25, -0.2) is 0 Å². The average Bonchev–Trinajstić information content (AvgIpc) is 2.75. The number of hydrogen-bond donors (Lipinski definition) is 1. The van der Waals surface area contributed by atoms with E-state index in [1.165, 1.54) is 0 Å². The summed E-state index contributed by atoms with van der Waals surface area (Å²) in [5.41, 5.74) is 1.95. The van der Waals surface area contributed by atoms with Gasteiger partial charge in [0.25, 0.3) is 0 Å². The van der Waals surface area contributed by atoms with Crippen LogP contribution in [0.5, 0.6) is 0 Å². The molecule has 0 saturated heterocycles. The van der Waals surface area contributed by atoms with Crippen LogP contribution in [0.25, 0.3) is 0 Å². The number of thiophene rings is 1. The van der Waals surface area contributed by atoms with Crippen molar-refractivity contribution in [3.05, 3.63) is 45.0 Å². The van der Waals surface area contributed by atoms with Gasteiger partial charge in [0.05, 0.1) is 12.4 Å². The third-order valence-corrected chi connectivity index (χ3v) is 3.39. The zero-order chi connectivity index (χ0) is 9.97. The van der Waals surface area contributed by atoms with Gasteiger partial charge >= 0.3 is 0 Å². The highest BCUT2D eigenvalue weighted by atomic mass is 79.9. The normalized spacial score (nSPS) is 13.0. The third-order valence-electron chi connectivity index (χ3n) is 2.01. The molecule has 2 aromatic rings. The second kappa shape index (κ2) is 4.29. The standard InChI is InChI=1S/C10H9BrO2S/c11-10-8(1-3-13-10)9(12)5-7-2-4-14-6-7/h1-4,6,9,12H,5H2. The first-order valence-corrected chi connectivity index (χ1v) is 5.93. The van der Waals surface area contributed by atoms with E-state index in [-0.39, 0.29) is 0 Å². The van der Waals surface area contributed by atoms with Gasteiger partial charge in [0, 0.05) is 12.0 Å². The molecule has 0 spiro atoms. The van der Waals surface area contributed by atoms with E-state index in [0.29, 0.717) is 11.1 Å². The molecular formula is C10H9BrO2S. The lowest BCUT2D eigenvalue weighted by Crippen LogP contribution is -1.99. The molecule has 1 unspecified atom stereocenters. The lowest BCUT2D eigenvalue weighted by molar-refractivity contribution is 0.176. The molecule has 2 aromatic heterocycles. The monoisotopic (exact) mass is 272 g/mol.